The zero-order valence-corrected chi connectivity index (χ0v) is 10.4. The van der Waals surface area contributed by atoms with E-state index in [-0.39, 0.29) is 11.3 Å². The molecule has 0 saturated heterocycles. The molecular formula is C12H24N2O. The Hall–Kier alpha value is -0.570. The van der Waals surface area contributed by atoms with Gasteiger partial charge in [0.05, 0.1) is 5.54 Å². The molecule has 1 aliphatic carbocycles. The minimum Gasteiger partial charge on any atom is -0.354 e. The monoisotopic (exact) mass is 212 g/mol. The van der Waals surface area contributed by atoms with Crippen molar-refractivity contribution in [2.75, 3.05) is 6.54 Å². The molecule has 0 bridgehead atoms. The Labute approximate surface area is 92.8 Å². The Bertz CT molecular complexity index is 238. The van der Waals surface area contributed by atoms with Crippen LogP contribution in [0.25, 0.3) is 0 Å². The van der Waals surface area contributed by atoms with E-state index >= 15 is 0 Å². The lowest BCUT2D eigenvalue weighted by molar-refractivity contribution is -0.129. The van der Waals surface area contributed by atoms with Gasteiger partial charge in [-0.05, 0) is 30.6 Å². The van der Waals surface area contributed by atoms with Crippen molar-refractivity contribution in [2.45, 2.75) is 52.5 Å². The van der Waals surface area contributed by atoms with E-state index in [0.29, 0.717) is 5.92 Å². The third-order valence-corrected chi connectivity index (χ3v) is 3.75. The van der Waals surface area contributed by atoms with Gasteiger partial charge < -0.3 is 11.1 Å². The minimum atomic E-state index is -0.558. The van der Waals surface area contributed by atoms with E-state index in [4.69, 9.17) is 5.73 Å². The first-order valence-corrected chi connectivity index (χ1v) is 5.83. The zero-order chi connectivity index (χ0) is 11.7. The summed E-state index contributed by atoms with van der Waals surface area (Å²) in [5.74, 6) is 0.495. The number of nitrogens with one attached hydrogen (secondary N) is 1. The Morgan fingerprint density at radius 3 is 2.33 bits per heavy atom. The first kappa shape index (κ1) is 12.5. The molecule has 0 spiro atoms. The summed E-state index contributed by atoms with van der Waals surface area (Å²) in [7, 11) is 0. The van der Waals surface area contributed by atoms with Gasteiger partial charge in [-0.3, -0.25) is 4.79 Å². The molecule has 3 nitrogen and oxygen atoms in total. The Kier molecular flexibility index (Phi) is 3.44. The van der Waals surface area contributed by atoms with Gasteiger partial charge >= 0.3 is 0 Å². The van der Waals surface area contributed by atoms with E-state index in [1.165, 1.54) is 0 Å². The number of hydrogen-bond donors (Lipinski definition) is 2. The predicted molar refractivity (Wildman–Crippen MR) is 62.4 cm³/mol. The predicted octanol–water partition coefficient (Wildman–Crippen LogP) is 1.67. The molecule has 3 heteroatoms. The molecule has 0 aromatic rings. The Balaban J connectivity index is 2.34. The number of carbonyl (C=O) groups excluding carboxylic acids is 1. The molecule has 0 aliphatic heterocycles. The molecule has 3 N–H and O–H groups in total. The lowest BCUT2D eigenvalue weighted by atomic mass is 9.76. The highest BCUT2D eigenvalue weighted by Crippen LogP contribution is 2.29. The van der Waals surface area contributed by atoms with Crippen LogP contribution in [0.4, 0.5) is 0 Å². The zero-order valence-electron chi connectivity index (χ0n) is 10.4. The molecule has 15 heavy (non-hydrogen) atoms. The van der Waals surface area contributed by atoms with Gasteiger partial charge in [0.2, 0.25) is 5.91 Å². The minimum absolute atomic E-state index is 0.0323. The van der Waals surface area contributed by atoms with Gasteiger partial charge in [-0.2, -0.15) is 0 Å². The number of hydrogen-bond acceptors (Lipinski definition) is 2. The van der Waals surface area contributed by atoms with Crippen LogP contribution < -0.4 is 11.1 Å². The maximum absolute atomic E-state index is 11.7. The van der Waals surface area contributed by atoms with Crippen molar-refractivity contribution in [1.29, 1.82) is 0 Å². The number of nitrogens with two attached hydrogens (primary N) is 1. The normalized spacial score (nSPS) is 21.7. The summed E-state index contributed by atoms with van der Waals surface area (Å²) in [4.78, 5) is 11.7. The molecule has 1 amide bonds. The summed E-state index contributed by atoms with van der Waals surface area (Å²) in [6, 6.07) is 0. The van der Waals surface area contributed by atoms with Crippen LogP contribution in [0.15, 0.2) is 0 Å². The lowest BCUT2D eigenvalue weighted by Gasteiger charge is -2.37. The van der Waals surface area contributed by atoms with Gasteiger partial charge in [-0.25, -0.2) is 0 Å². The van der Waals surface area contributed by atoms with Crippen molar-refractivity contribution < 1.29 is 4.79 Å². The summed E-state index contributed by atoms with van der Waals surface area (Å²) >= 11 is 0. The van der Waals surface area contributed by atoms with E-state index in [0.717, 1.165) is 25.8 Å². The largest absolute Gasteiger partial charge is 0.354 e. The van der Waals surface area contributed by atoms with Crippen LogP contribution in [0.3, 0.4) is 0 Å². The van der Waals surface area contributed by atoms with Crippen molar-refractivity contribution in [3.05, 3.63) is 0 Å². The number of rotatable bonds is 3. The SMILES string of the molecule is CC(CNC(=O)C1(N)CCC1)C(C)(C)C. The standard InChI is InChI=1S/C12H24N2O/c1-9(11(2,3)4)8-14-10(15)12(13)6-5-7-12/h9H,5-8,13H2,1-4H3,(H,14,15). The highest BCUT2D eigenvalue weighted by molar-refractivity contribution is 5.86. The smallest absolute Gasteiger partial charge is 0.240 e. The van der Waals surface area contributed by atoms with E-state index in [9.17, 15) is 4.79 Å². The molecule has 1 saturated carbocycles. The fourth-order valence-corrected chi connectivity index (χ4v) is 1.51. The van der Waals surface area contributed by atoms with Gasteiger partial charge in [0.15, 0.2) is 0 Å². The van der Waals surface area contributed by atoms with Gasteiger partial charge in [0, 0.05) is 6.54 Å². The maximum Gasteiger partial charge on any atom is 0.240 e. The van der Waals surface area contributed by atoms with E-state index in [2.05, 4.69) is 33.0 Å². The fourth-order valence-electron chi connectivity index (χ4n) is 1.51. The summed E-state index contributed by atoms with van der Waals surface area (Å²) < 4.78 is 0. The molecule has 0 heterocycles. The molecule has 1 atom stereocenters. The summed E-state index contributed by atoms with van der Waals surface area (Å²) in [5.41, 5.74) is 5.60. The number of carbonyl (C=O) groups is 1. The van der Waals surface area contributed by atoms with Crippen molar-refractivity contribution in [2.24, 2.45) is 17.1 Å². The lowest BCUT2D eigenvalue weighted by Crippen LogP contribution is -2.59. The van der Waals surface area contributed by atoms with Crippen molar-refractivity contribution >= 4 is 5.91 Å². The van der Waals surface area contributed by atoms with Crippen molar-refractivity contribution in [3.63, 3.8) is 0 Å². The van der Waals surface area contributed by atoms with Crippen molar-refractivity contribution in [3.8, 4) is 0 Å². The van der Waals surface area contributed by atoms with E-state index in [1.807, 2.05) is 0 Å². The highest BCUT2D eigenvalue weighted by atomic mass is 16.2. The molecule has 1 rings (SSSR count). The van der Waals surface area contributed by atoms with Gasteiger partial charge in [-0.1, -0.05) is 27.7 Å². The van der Waals surface area contributed by atoms with Crippen LogP contribution in [0, 0.1) is 11.3 Å². The third kappa shape index (κ3) is 2.94. The number of amides is 1. The quantitative estimate of drug-likeness (QED) is 0.747. The molecule has 88 valence electrons. The first-order chi connectivity index (χ1) is 6.76. The van der Waals surface area contributed by atoms with E-state index in [1.54, 1.807) is 0 Å². The average Bonchev–Trinajstić information content (AvgIpc) is 2.07. The molecule has 1 aliphatic rings. The van der Waals surface area contributed by atoms with Gasteiger partial charge in [0.25, 0.3) is 0 Å². The van der Waals surface area contributed by atoms with E-state index < -0.39 is 5.54 Å². The second kappa shape index (κ2) is 4.12. The highest BCUT2D eigenvalue weighted by Gasteiger charge is 2.40. The van der Waals surface area contributed by atoms with Crippen LogP contribution in [-0.2, 0) is 4.79 Å². The third-order valence-electron chi connectivity index (χ3n) is 3.75. The molecule has 0 aromatic heterocycles. The van der Waals surface area contributed by atoms with Crippen LogP contribution in [0.5, 0.6) is 0 Å². The fraction of sp³-hybridized carbons (Fsp3) is 0.917. The van der Waals surface area contributed by atoms with Crippen LogP contribution in [-0.4, -0.2) is 18.0 Å². The Morgan fingerprint density at radius 1 is 1.47 bits per heavy atom. The van der Waals surface area contributed by atoms with Crippen LogP contribution >= 0.6 is 0 Å². The summed E-state index contributed by atoms with van der Waals surface area (Å²) in [6.07, 6.45) is 2.75. The second-order valence-corrected chi connectivity index (χ2v) is 5.99. The molecular weight excluding hydrogens is 188 g/mol. The van der Waals surface area contributed by atoms with Crippen molar-refractivity contribution in [1.82, 2.24) is 5.32 Å². The average molecular weight is 212 g/mol. The maximum atomic E-state index is 11.7. The van der Waals surface area contributed by atoms with Gasteiger partial charge in [-0.15, -0.1) is 0 Å². The molecule has 1 unspecified atom stereocenters. The topological polar surface area (TPSA) is 55.1 Å². The first-order valence-electron chi connectivity index (χ1n) is 5.83. The molecule has 0 aromatic carbocycles. The van der Waals surface area contributed by atoms with Crippen LogP contribution in [0.2, 0.25) is 0 Å². The van der Waals surface area contributed by atoms with Gasteiger partial charge in [0.1, 0.15) is 0 Å². The Morgan fingerprint density at radius 2 is 2.00 bits per heavy atom. The summed E-state index contributed by atoms with van der Waals surface area (Å²) in [5, 5.41) is 2.97. The second-order valence-electron chi connectivity index (χ2n) is 5.99. The molecule has 0 radical (unpaired) electrons. The summed E-state index contributed by atoms with van der Waals surface area (Å²) in [6.45, 7) is 9.44. The van der Waals surface area contributed by atoms with Crippen LogP contribution in [0.1, 0.15) is 47.0 Å². The molecule has 1 fully saturated rings.